The molecule has 0 aliphatic heterocycles. The second kappa shape index (κ2) is 9.01. The second-order valence-corrected chi connectivity index (χ2v) is 6.18. The van der Waals surface area contributed by atoms with Crippen molar-refractivity contribution in [3.63, 3.8) is 0 Å². The van der Waals surface area contributed by atoms with E-state index in [1.807, 2.05) is 36.0 Å². The lowest BCUT2D eigenvalue weighted by Crippen LogP contribution is -2.41. The molecule has 0 aliphatic rings. The van der Waals surface area contributed by atoms with Crippen LogP contribution in [0.3, 0.4) is 0 Å². The van der Waals surface area contributed by atoms with Gasteiger partial charge in [-0.05, 0) is 17.7 Å². The van der Waals surface area contributed by atoms with Gasteiger partial charge in [-0.3, -0.25) is 9.59 Å². The van der Waals surface area contributed by atoms with Gasteiger partial charge >= 0.3 is 0 Å². The van der Waals surface area contributed by atoms with Crippen molar-refractivity contribution in [3.8, 4) is 11.5 Å². The van der Waals surface area contributed by atoms with Crippen molar-refractivity contribution in [1.29, 1.82) is 0 Å². The van der Waals surface area contributed by atoms with Gasteiger partial charge in [-0.25, -0.2) is 0 Å². The summed E-state index contributed by atoms with van der Waals surface area (Å²) in [7, 11) is 3.42. The molecule has 0 saturated carbocycles. The number of methoxy groups -OCH3 is 1. The normalized spacial score (nSPS) is 11.8. The summed E-state index contributed by atoms with van der Waals surface area (Å²) in [6.45, 7) is 0.723. The van der Waals surface area contributed by atoms with Crippen LogP contribution in [0.5, 0.6) is 0 Å². The first-order chi connectivity index (χ1) is 13.6. The Kier molecular flexibility index (Phi) is 6.23. The van der Waals surface area contributed by atoms with Gasteiger partial charge in [0.15, 0.2) is 11.5 Å². The highest BCUT2D eigenvalue weighted by Crippen LogP contribution is 2.21. The summed E-state index contributed by atoms with van der Waals surface area (Å²) < 4.78 is 12.1. The molecule has 2 heterocycles. The SMILES string of the molecule is COCCNC(=O)C(NC(=O)c1cc(-c2cccn2C)on1)c1ccccc1. The van der Waals surface area contributed by atoms with Gasteiger partial charge in [0.05, 0.1) is 12.3 Å². The van der Waals surface area contributed by atoms with Gasteiger partial charge in [0.25, 0.3) is 5.91 Å². The Labute approximate surface area is 162 Å². The highest BCUT2D eigenvalue weighted by atomic mass is 16.5. The maximum atomic E-state index is 12.7. The summed E-state index contributed by atoms with van der Waals surface area (Å²) in [5.74, 6) is -0.360. The first kappa shape index (κ1) is 19.4. The molecule has 0 fully saturated rings. The molecule has 28 heavy (non-hydrogen) atoms. The van der Waals surface area contributed by atoms with Crippen molar-refractivity contribution in [2.45, 2.75) is 6.04 Å². The molecule has 1 aromatic carbocycles. The van der Waals surface area contributed by atoms with E-state index >= 15 is 0 Å². The summed E-state index contributed by atoms with van der Waals surface area (Å²) in [5.41, 5.74) is 1.56. The molecule has 8 heteroatoms. The molecule has 2 aromatic heterocycles. The number of nitrogens with zero attached hydrogens (tertiary/aromatic N) is 2. The number of nitrogens with one attached hydrogen (secondary N) is 2. The van der Waals surface area contributed by atoms with E-state index in [2.05, 4.69) is 15.8 Å². The smallest absolute Gasteiger partial charge is 0.274 e. The third-order valence-corrected chi connectivity index (χ3v) is 4.21. The maximum absolute atomic E-state index is 12.7. The number of ether oxygens (including phenoxy) is 1. The lowest BCUT2D eigenvalue weighted by Gasteiger charge is -2.18. The summed E-state index contributed by atoms with van der Waals surface area (Å²) >= 11 is 0. The standard InChI is InChI=1S/C20H22N4O4/c1-24-11-6-9-16(24)17-13-15(23-28-17)19(25)22-18(14-7-4-3-5-8-14)20(26)21-10-12-27-2/h3-9,11,13,18H,10,12H2,1-2H3,(H,21,26)(H,22,25). The van der Waals surface area contributed by atoms with E-state index in [-0.39, 0.29) is 11.6 Å². The molecular weight excluding hydrogens is 360 g/mol. The van der Waals surface area contributed by atoms with Crippen LogP contribution < -0.4 is 10.6 Å². The average molecular weight is 382 g/mol. The number of carbonyl (C=O) groups is 2. The third kappa shape index (κ3) is 4.47. The Hall–Kier alpha value is -3.39. The molecule has 2 N–H and O–H groups in total. The number of aryl methyl sites for hydroxylation is 1. The molecule has 3 rings (SSSR count). The fraction of sp³-hybridized carbons (Fsp3) is 0.250. The Morgan fingerprint density at radius 2 is 2.00 bits per heavy atom. The lowest BCUT2D eigenvalue weighted by atomic mass is 10.1. The third-order valence-electron chi connectivity index (χ3n) is 4.21. The van der Waals surface area contributed by atoms with Crippen molar-refractivity contribution in [2.24, 2.45) is 7.05 Å². The number of rotatable bonds is 8. The fourth-order valence-electron chi connectivity index (χ4n) is 2.75. The zero-order valence-corrected chi connectivity index (χ0v) is 15.7. The van der Waals surface area contributed by atoms with Gasteiger partial charge in [0, 0.05) is 33.0 Å². The maximum Gasteiger partial charge on any atom is 0.274 e. The first-order valence-electron chi connectivity index (χ1n) is 8.81. The van der Waals surface area contributed by atoms with E-state index < -0.39 is 11.9 Å². The first-order valence-corrected chi connectivity index (χ1v) is 8.81. The number of hydrogen-bond donors (Lipinski definition) is 2. The lowest BCUT2D eigenvalue weighted by molar-refractivity contribution is -0.123. The molecule has 1 unspecified atom stereocenters. The van der Waals surface area contributed by atoms with E-state index in [9.17, 15) is 9.59 Å². The number of benzene rings is 1. The van der Waals surface area contributed by atoms with Crippen LogP contribution in [0, 0.1) is 0 Å². The number of aromatic nitrogens is 2. The molecule has 2 amide bonds. The van der Waals surface area contributed by atoms with Crippen molar-refractivity contribution in [3.05, 3.63) is 66.0 Å². The average Bonchev–Trinajstić information content (AvgIpc) is 3.35. The zero-order chi connectivity index (χ0) is 19.9. The Bertz CT molecular complexity index is 933. The van der Waals surface area contributed by atoms with E-state index in [0.29, 0.717) is 24.5 Å². The van der Waals surface area contributed by atoms with E-state index in [0.717, 1.165) is 5.69 Å². The Morgan fingerprint density at radius 1 is 1.21 bits per heavy atom. The molecule has 0 bridgehead atoms. The van der Waals surface area contributed by atoms with Gasteiger partial charge in [0.2, 0.25) is 5.91 Å². The molecule has 1 atom stereocenters. The van der Waals surface area contributed by atoms with Crippen LogP contribution in [-0.4, -0.2) is 41.8 Å². The molecule has 3 aromatic rings. The van der Waals surface area contributed by atoms with Gasteiger partial charge in [-0.2, -0.15) is 0 Å². The molecule has 146 valence electrons. The molecule has 0 radical (unpaired) electrons. The highest BCUT2D eigenvalue weighted by Gasteiger charge is 2.25. The van der Waals surface area contributed by atoms with Gasteiger partial charge in [0.1, 0.15) is 6.04 Å². The highest BCUT2D eigenvalue weighted by molar-refractivity contribution is 5.97. The van der Waals surface area contributed by atoms with Crippen LogP contribution in [0.2, 0.25) is 0 Å². The predicted octanol–water partition coefficient (Wildman–Crippen LogP) is 1.91. The van der Waals surface area contributed by atoms with Crippen LogP contribution in [0.15, 0.2) is 59.3 Å². The minimum atomic E-state index is -0.860. The van der Waals surface area contributed by atoms with Crippen LogP contribution in [0.1, 0.15) is 22.1 Å². The van der Waals surface area contributed by atoms with Crippen molar-refractivity contribution >= 4 is 11.8 Å². The molecule has 0 saturated heterocycles. The van der Waals surface area contributed by atoms with E-state index in [1.165, 1.54) is 0 Å². The molecule has 0 aliphatic carbocycles. The van der Waals surface area contributed by atoms with Gasteiger partial charge < -0.3 is 24.5 Å². The number of amides is 2. The summed E-state index contributed by atoms with van der Waals surface area (Å²) in [5, 5.41) is 9.32. The summed E-state index contributed by atoms with van der Waals surface area (Å²) in [6.07, 6.45) is 1.87. The van der Waals surface area contributed by atoms with E-state index in [4.69, 9.17) is 9.26 Å². The molecule has 8 nitrogen and oxygen atoms in total. The van der Waals surface area contributed by atoms with Crippen molar-refractivity contribution in [2.75, 3.05) is 20.3 Å². The Morgan fingerprint density at radius 3 is 2.68 bits per heavy atom. The van der Waals surface area contributed by atoms with Crippen molar-refractivity contribution < 1.29 is 18.8 Å². The zero-order valence-electron chi connectivity index (χ0n) is 15.7. The Balaban J connectivity index is 1.77. The van der Waals surface area contributed by atoms with Crippen LogP contribution in [0.25, 0.3) is 11.5 Å². The van der Waals surface area contributed by atoms with Crippen LogP contribution in [0.4, 0.5) is 0 Å². The van der Waals surface area contributed by atoms with Gasteiger partial charge in [-0.15, -0.1) is 0 Å². The number of carbonyl (C=O) groups excluding carboxylic acids is 2. The van der Waals surface area contributed by atoms with Gasteiger partial charge in [-0.1, -0.05) is 35.5 Å². The number of hydrogen-bond acceptors (Lipinski definition) is 5. The minimum absolute atomic E-state index is 0.0989. The largest absolute Gasteiger partial charge is 0.383 e. The summed E-state index contributed by atoms with van der Waals surface area (Å²) in [6, 6.07) is 13.4. The topological polar surface area (TPSA) is 98.4 Å². The predicted molar refractivity (Wildman–Crippen MR) is 102 cm³/mol. The minimum Gasteiger partial charge on any atom is -0.383 e. The quantitative estimate of drug-likeness (QED) is 0.580. The monoisotopic (exact) mass is 382 g/mol. The van der Waals surface area contributed by atoms with Crippen LogP contribution >= 0.6 is 0 Å². The molecular formula is C20H22N4O4. The van der Waals surface area contributed by atoms with Crippen molar-refractivity contribution in [1.82, 2.24) is 20.4 Å². The van der Waals surface area contributed by atoms with E-state index in [1.54, 1.807) is 37.4 Å². The molecule has 0 spiro atoms. The second-order valence-electron chi connectivity index (χ2n) is 6.18. The fourth-order valence-corrected chi connectivity index (χ4v) is 2.75. The van der Waals surface area contributed by atoms with Crippen LogP contribution in [-0.2, 0) is 16.6 Å². The summed E-state index contributed by atoms with van der Waals surface area (Å²) in [4.78, 5) is 25.3.